The zero-order valence-electron chi connectivity index (χ0n) is 13.9. The highest BCUT2D eigenvalue weighted by Gasteiger charge is 2.07. The first kappa shape index (κ1) is 17.5. The highest BCUT2D eigenvalue weighted by molar-refractivity contribution is 5.92. The van der Waals surface area contributed by atoms with Crippen molar-refractivity contribution >= 4 is 12.0 Å². The Kier molecular flexibility index (Phi) is 5.95. The summed E-state index contributed by atoms with van der Waals surface area (Å²) in [6.07, 6.45) is 3.12. The average molecular weight is 329 g/mol. The minimum absolute atomic E-state index is 0.220. The van der Waals surface area contributed by atoms with Crippen molar-refractivity contribution in [2.24, 2.45) is 0 Å². The maximum atomic E-state index is 12.9. The van der Waals surface area contributed by atoms with Crippen LogP contribution >= 0.6 is 0 Å². The summed E-state index contributed by atoms with van der Waals surface area (Å²) in [6.45, 7) is 1.84. The molecular weight excluding hydrogens is 309 g/mol. The van der Waals surface area contributed by atoms with E-state index in [2.05, 4.69) is 5.32 Å². The van der Waals surface area contributed by atoms with Gasteiger partial charge in [-0.1, -0.05) is 12.1 Å². The Morgan fingerprint density at radius 3 is 2.21 bits per heavy atom. The van der Waals surface area contributed by atoms with Crippen LogP contribution in [0.25, 0.3) is 6.08 Å². The standard InChI is InChI=1S/C19H20FNO3/c1-13(15-5-7-16(20)8-6-15)21-19(22)9-4-14-10-17(23-2)12-18(11-14)24-3/h4-13H,1-3H3,(H,21,22)/b9-4+/t13-/m0/s1. The van der Waals surface area contributed by atoms with Crippen molar-refractivity contribution in [3.05, 3.63) is 65.5 Å². The van der Waals surface area contributed by atoms with Gasteiger partial charge in [-0.05, 0) is 48.4 Å². The molecule has 0 heterocycles. The molecule has 0 fully saturated rings. The first-order valence-corrected chi connectivity index (χ1v) is 7.49. The molecule has 0 saturated carbocycles. The molecule has 24 heavy (non-hydrogen) atoms. The number of hydrogen-bond donors (Lipinski definition) is 1. The maximum Gasteiger partial charge on any atom is 0.244 e. The Morgan fingerprint density at radius 1 is 1.08 bits per heavy atom. The van der Waals surface area contributed by atoms with Crippen LogP contribution in [0.1, 0.15) is 24.1 Å². The van der Waals surface area contributed by atoms with Gasteiger partial charge >= 0.3 is 0 Å². The Morgan fingerprint density at radius 2 is 1.67 bits per heavy atom. The molecule has 2 aromatic carbocycles. The normalized spacial score (nSPS) is 12.0. The van der Waals surface area contributed by atoms with Gasteiger partial charge in [0.2, 0.25) is 5.91 Å². The smallest absolute Gasteiger partial charge is 0.244 e. The summed E-state index contributed by atoms with van der Waals surface area (Å²) in [6, 6.07) is 11.2. The fraction of sp³-hybridized carbons (Fsp3) is 0.211. The maximum absolute atomic E-state index is 12.9. The number of carbonyl (C=O) groups is 1. The van der Waals surface area contributed by atoms with Gasteiger partial charge in [-0.3, -0.25) is 4.79 Å². The van der Waals surface area contributed by atoms with E-state index in [4.69, 9.17) is 9.47 Å². The predicted octanol–water partition coefficient (Wildman–Crippen LogP) is 3.73. The highest BCUT2D eigenvalue weighted by atomic mass is 19.1. The van der Waals surface area contributed by atoms with Crippen molar-refractivity contribution in [2.45, 2.75) is 13.0 Å². The van der Waals surface area contributed by atoms with Crippen LogP contribution in [0.15, 0.2) is 48.5 Å². The highest BCUT2D eigenvalue weighted by Crippen LogP contribution is 2.23. The van der Waals surface area contributed by atoms with Crippen LogP contribution < -0.4 is 14.8 Å². The molecule has 0 aliphatic carbocycles. The molecule has 0 radical (unpaired) electrons. The molecule has 2 aromatic rings. The van der Waals surface area contributed by atoms with Crippen LogP contribution in [0.3, 0.4) is 0 Å². The minimum atomic E-state index is -0.302. The lowest BCUT2D eigenvalue weighted by Crippen LogP contribution is -2.24. The number of methoxy groups -OCH3 is 2. The zero-order valence-corrected chi connectivity index (χ0v) is 13.9. The average Bonchev–Trinajstić information content (AvgIpc) is 2.60. The number of hydrogen-bond acceptors (Lipinski definition) is 3. The number of benzene rings is 2. The molecule has 0 bridgehead atoms. The summed E-state index contributed by atoms with van der Waals surface area (Å²) < 4.78 is 23.3. The second-order valence-electron chi connectivity index (χ2n) is 5.26. The van der Waals surface area contributed by atoms with Gasteiger partial charge in [0.15, 0.2) is 0 Å². The molecule has 0 aromatic heterocycles. The van der Waals surface area contributed by atoms with Crippen LogP contribution in [0.5, 0.6) is 11.5 Å². The summed E-state index contributed by atoms with van der Waals surface area (Å²) in [5.41, 5.74) is 1.62. The first-order valence-electron chi connectivity index (χ1n) is 7.49. The molecule has 0 aliphatic rings. The number of halogens is 1. The van der Waals surface area contributed by atoms with Gasteiger partial charge < -0.3 is 14.8 Å². The molecule has 5 heteroatoms. The fourth-order valence-corrected chi connectivity index (χ4v) is 2.19. The summed E-state index contributed by atoms with van der Waals surface area (Å²) in [4.78, 5) is 12.0. The Bertz CT molecular complexity index is 704. The second-order valence-corrected chi connectivity index (χ2v) is 5.26. The van der Waals surface area contributed by atoms with Gasteiger partial charge in [0.1, 0.15) is 17.3 Å². The van der Waals surface area contributed by atoms with Crippen molar-refractivity contribution in [1.29, 1.82) is 0 Å². The largest absolute Gasteiger partial charge is 0.497 e. The van der Waals surface area contributed by atoms with E-state index in [0.717, 1.165) is 11.1 Å². The third kappa shape index (κ3) is 4.84. The van der Waals surface area contributed by atoms with Crippen molar-refractivity contribution < 1.29 is 18.7 Å². The summed E-state index contributed by atoms with van der Waals surface area (Å²) in [7, 11) is 3.14. The van der Waals surface area contributed by atoms with E-state index >= 15 is 0 Å². The Balaban J connectivity index is 2.03. The molecule has 0 unspecified atom stereocenters. The number of amides is 1. The van der Waals surface area contributed by atoms with Crippen LogP contribution in [-0.2, 0) is 4.79 Å². The van der Waals surface area contributed by atoms with Gasteiger partial charge in [0.25, 0.3) is 0 Å². The van der Waals surface area contributed by atoms with Gasteiger partial charge in [0, 0.05) is 12.1 Å². The summed E-state index contributed by atoms with van der Waals surface area (Å²) >= 11 is 0. The van der Waals surface area contributed by atoms with E-state index < -0.39 is 0 Å². The summed E-state index contributed by atoms with van der Waals surface area (Å²) in [5, 5.41) is 2.83. The van der Waals surface area contributed by atoms with E-state index in [1.54, 1.807) is 50.6 Å². The molecule has 0 saturated heterocycles. The van der Waals surface area contributed by atoms with Crippen LogP contribution in [0, 0.1) is 5.82 Å². The second kappa shape index (κ2) is 8.15. The molecular formula is C19H20FNO3. The number of nitrogens with one attached hydrogen (secondary N) is 1. The lowest BCUT2D eigenvalue weighted by molar-refractivity contribution is -0.117. The number of ether oxygens (including phenoxy) is 2. The Hall–Kier alpha value is -2.82. The van der Waals surface area contributed by atoms with Gasteiger partial charge in [-0.15, -0.1) is 0 Å². The van der Waals surface area contributed by atoms with E-state index in [1.807, 2.05) is 6.92 Å². The summed E-state index contributed by atoms with van der Waals surface area (Å²) in [5.74, 6) is 0.751. The van der Waals surface area contributed by atoms with Gasteiger partial charge in [-0.2, -0.15) is 0 Å². The van der Waals surface area contributed by atoms with Crippen molar-refractivity contribution in [1.82, 2.24) is 5.32 Å². The molecule has 2 rings (SSSR count). The van der Waals surface area contributed by atoms with Gasteiger partial charge in [0.05, 0.1) is 20.3 Å². The molecule has 1 amide bonds. The van der Waals surface area contributed by atoms with Crippen molar-refractivity contribution in [3.63, 3.8) is 0 Å². The first-order chi connectivity index (χ1) is 11.5. The van der Waals surface area contributed by atoms with Crippen molar-refractivity contribution in [3.8, 4) is 11.5 Å². The molecule has 0 spiro atoms. The van der Waals surface area contributed by atoms with Crippen LogP contribution in [-0.4, -0.2) is 20.1 Å². The fourth-order valence-electron chi connectivity index (χ4n) is 2.19. The van der Waals surface area contributed by atoms with E-state index in [9.17, 15) is 9.18 Å². The predicted molar refractivity (Wildman–Crippen MR) is 91.5 cm³/mol. The minimum Gasteiger partial charge on any atom is -0.497 e. The topological polar surface area (TPSA) is 47.6 Å². The van der Waals surface area contributed by atoms with Crippen molar-refractivity contribution in [2.75, 3.05) is 14.2 Å². The SMILES string of the molecule is COc1cc(/C=C/C(=O)N[C@@H](C)c2ccc(F)cc2)cc(OC)c1. The van der Waals surface area contributed by atoms with Gasteiger partial charge in [-0.25, -0.2) is 4.39 Å². The number of rotatable bonds is 6. The molecule has 1 atom stereocenters. The molecule has 1 N–H and O–H groups in total. The lowest BCUT2D eigenvalue weighted by atomic mass is 10.1. The van der Waals surface area contributed by atoms with E-state index in [0.29, 0.717) is 11.5 Å². The molecule has 4 nitrogen and oxygen atoms in total. The third-order valence-corrected chi connectivity index (χ3v) is 3.53. The van der Waals surface area contributed by atoms with Crippen LogP contribution in [0.2, 0.25) is 0 Å². The van der Waals surface area contributed by atoms with E-state index in [1.165, 1.54) is 18.2 Å². The number of carbonyl (C=O) groups excluding carboxylic acids is 1. The quantitative estimate of drug-likeness (QED) is 0.822. The zero-order chi connectivity index (χ0) is 17.5. The third-order valence-electron chi connectivity index (χ3n) is 3.53. The monoisotopic (exact) mass is 329 g/mol. The molecule has 126 valence electrons. The van der Waals surface area contributed by atoms with Crippen LogP contribution in [0.4, 0.5) is 4.39 Å². The Labute approximate surface area is 140 Å². The molecule has 0 aliphatic heterocycles. The van der Waals surface area contributed by atoms with E-state index in [-0.39, 0.29) is 17.8 Å². The lowest BCUT2D eigenvalue weighted by Gasteiger charge is -2.12.